The summed E-state index contributed by atoms with van der Waals surface area (Å²) in [6.45, 7) is 11.4. The second-order valence-corrected chi connectivity index (χ2v) is 12.9. The molecule has 6 atom stereocenters. The number of hydrogen-bond donors (Lipinski definition) is 4. The SMILES string of the molecule is CC(C)[C@@H]1NC(=O)C(C)(C)c2cccc(c2)-c2cc3cc(ccc3cn2)[C@@H](C)OC(=O)C2CCCN(N2)C(O)[C@H](C)NC1=O. The number of benzene rings is 2. The maximum atomic E-state index is 13.7. The van der Waals surface area contributed by atoms with Crippen LogP contribution in [0.5, 0.6) is 0 Å². The van der Waals surface area contributed by atoms with E-state index in [2.05, 4.69) is 21.0 Å². The van der Waals surface area contributed by atoms with E-state index in [1.165, 1.54) is 0 Å². The maximum absolute atomic E-state index is 13.7. The van der Waals surface area contributed by atoms with E-state index in [0.29, 0.717) is 19.4 Å². The predicted molar refractivity (Wildman–Crippen MR) is 168 cm³/mol. The molecule has 4 N–H and O–H groups in total. The minimum Gasteiger partial charge on any atom is -0.457 e. The predicted octanol–water partition coefficient (Wildman–Crippen LogP) is 3.73. The number of esters is 1. The molecule has 3 heterocycles. The highest BCUT2D eigenvalue weighted by Crippen LogP contribution is 2.31. The third-order valence-electron chi connectivity index (χ3n) is 8.83. The Balaban J connectivity index is 1.55. The standard InChI is InChI=1S/C34H43N5O5/c1-19(2)29-30(40)36-20(3)31(41)39-14-8-11-27(38-39)32(42)44-21(4)22-12-13-24-18-35-28(17-25(24)15-22)23-9-7-10-26(16-23)34(5,6)33(43)37-29/h7,9-10,12-13,15-21,27,29,31,38,41H,8,11,14H2,1-6H3,(H,36,40)(H,37,43)/t20-,21+,27?,29-,31?/m0/s1. The van der Waals surface area contributed by atoms with Crippen LogP contribution in [0.25, 0.3) is 22.0 Å². The summed E-state index contributed by atoms with van der Waals surface area (Å²) in [4.78, 5) is 45.1. The lowest BCUT2D eigenvalue weighted by Crippen LogP contribution is -2.63. The summed E-state index contributed by atoms with van der Waals surface area (Å²) in [6.07, 6.45) is 1.41. The van der Waals surface area contributed by atoms with Gasteiger partial charge in [0.1, 0.15) is 24.4 Å². The lowest BCUT2D eigenvalue weighted by Gasteiger charge is -2.38. The molecule has 2 aliphatic rings. The molecule has 1 aromatic heterocycles. The third kappa shape index (κ3) is 6.47. The van der Waals surface area contributed by atoms with Crippen molar-refractivity contribution in [2.45, 2.75) is 90.3 Å². The molecule has 1 fully saturated rings. The summed E-state index contributed by atoms with van der Waals surface area (Å²) in [5, 5.41) is 20.4. The second kappa shape index (κ2) is 12.6. The van der Waals surface area contributed by atoms with Crippen LogP contribution in [0.3, 0.4) is 0 Å². The molecule has 10 heteroatoms. The van der Waals surface area contributed by atoms with Crippen molar-refractivity contribution in [2.24, 2.45) is 5.92 Å². The summed E-state index contributed by atoms with van der Waals surface area (Å²) in [7, 11) is 0. The Morgan fingerprint density at radius 3 is 2.55 bits per heavy atom. The largest absolute Gasteiger partial charge is 0.457 e. The van der Waals surface area contributed by atoms with Crippen LogP contribution in [0.15, 0.2) is 54.7 Å². The minimum absolute atomic E-state index is 0.211. The molecule has 44 heavy (non-hydrogen) atoms. The molecule has 0 radical (unpaired) electrons. The first-order valence-corrected chi connectivity index (χ1v) is 15.4. The number of cyclic esters (lactones) is 1. The van der Waals surface area contributed by atoms with Crippen LogP contribution in [-0.2, 0) is 24.5 Å². The number of aromatic nitrogens is 1. The minimum atomic E-state index is -1.11. The first-order valence-electron chi connectivity index (χ1n) is 15.4. The number of pyridine rings is 1. The fourth-order valence-electron chi connectivity index (χ4n) is 5.78. The Kier molecular flexibility index (Phi) is 9.06. The zero-order chi connectivity index (χ0) is 31.8. The van der Waals surface area contributed by atoms with E-state index >= 15 is 0 Å². The van der Waals surface area contributed by atoms with Crippen molar-refractivity contribution in [3.63, 3.8) is 0 Å². The molecule has 2 aliphatic heterocycles. The normalized spacial score (nSPS) is 28.1. The summed E-state index contributed by atoms with van der Waals surface area (Å²) in [5.41, 5.74) is 5.38. The average Bonchev–Trinajstić information content (AvgIpc) is 3.01. The number of carbonyl (C=O) groups is 3. The first-order chi connectivity index (χ1) is 20.8. The smallest absolute Gasteiger partial charge is 0.325 e. The van der Waals surface area contributed by atoms with E-state index in [1.54, 1.807) is 11.9 Å². The molecule has 5 rings (SSSR count). The lowest BCUT2D eigenvalue weighted by molar-refractivity contribution is -0.158. The quantitative estimate of drug-likeness (QED) is 0.310. The van der Waals surface area contributed by atoms with Gasteiger partial charge in [-0.1, -0.05) is 44.2 Å². The maximum Gasteiger partial charge on any atom is 0.325 e. The van der Waals surface area contributed by atoms with Crippen molar-refractivity contribution in [3.05, 3.63) is 65.9 Å². The van der Waals surface area contributed by atoms with Gasteiger partial charge in [-0.05, 0) is 81.2 Å². The van der Waals surface area contributed by atoms with Gasteiger partial charge >= 0.3 is 5.97 Å². The second-order valence-electron chi connectivity index (χ2n) is 12.9. The van der Waals surface area contributed by atoms with Crippen LogP contribution in [0.1, 0.15) is 71.6 Å². The number of ether oxygens (including phenoxy) is 1. The van der Waals surface area contributed by atoms with Gasteiger partial charge in [-0.2, -0.15) is 0 Å². The Labute approximate surface area is 258 Å². The molecule has 234 valence electrons. The van der Waals surface area contributed by atoms with E-state index in [-0.39, 0.29) is 11.8 Å². The topological polar surface area (TPSA) is 133 Å². The third-order valence-corrected chi connectivity index (χ3v) is 8.83. The van der Waals surface area contributed by atoms with Crippen LogP contribution in [-0.4, -0.2) is 63.8 Å². The lowest BCUT2D eigenvalue weighted by atomic mass is 9.82. The van der Waals surface area contributed by atoms with Crippen molar-refractivity contribution in [1.82, 2.24) is 26.1 Å². The van der Waals surface area contributed by atoms with Crippen molar-refractivity contribution < 1.29 is 24.2 Å². The van der Waals surface area contributed by atoms with Crippen LogP contribution in [0.4, 0.5) is 0 Å². The molecule has 3 aromatic rings. The van der Waals surface area contributed by atoms with E-state index in [0.717, 1.165) is 33.2 Å². The van der Waals surface area contributed by atoms with Crippen LogP contribution in [0.2, 0.25) is 0 Å². The number of fused-ring (bicyclic) bond motifs is 7. The number of hydrogen-bond acceptors (Lipinski definition) is 8. The fraction of sp³-hybridized carbons (Fsp3) is 0.471. The molecule has 0 aliphatic carbocycles. The summed E-state index contributed by atoms with van der Waals surface area (Å²) >= 11 is 0. The van der Waals surface area contributed by atoms with Crippen molar-refractivity contribution in [2.75, 3.05) is 6.54 Å². The highest BCUT2D eigenvalue weighted by atomic mass is 16.5. The number of nitrogens with one attached hydrogen (secondary N) is 3. The fourth-order valence-corrected chi connectivity index (χ4v) is 5.78. The van der Waals surface area contributed by atoms with E-state index in [9.17, 15) is 19.5 Å². The highest BCUT2D eigenvalue weighted by Gasteiger charge is 2.37. The number of carbonyl (C=O) groups excluding carboxylic acids is 3. The van der Waals surface area contributed by atoms with Crippen LogP contribution in [0, 0.1) is 5.92 Å². The summed E-state index contributed by atoms with van der Waals surface area (Å²) in [5.74, 6) is -1.31. The number of rotatable bonds is 1. The molecular formula is C34H43N5O5. The number of hydrazine groups is 1. The Bertz CT molecular complexity index is 1560. The highest BCUT2D eigenvalue weighted by molar-refractivity contribution is 5.93. The molecule has 0 saturated carbocycles. The van der Waals surface area contributed by atoms with Crippen molar-refractivity contribution in [1.29, 1.82) is 0 Å². The molecule has 2 amide bonds. The Morgan fingerprint density at radius 1 is 1.02 bits per heavy atom. The molecule has 1 saturated heterocycles. The zero-order valence-corrected chi connectivity index (χ0v) is 26.3. The van der Waals surface area contributed by atoms with E-state index < -0.39 is 47.7 Å². The van der Waals surface area contributed by atoms with Crippen molar-refractivity contribution in [3.8, 4) is 11.3 Å². The first kappa shape index (κ1) is 31.6. The van der Waals surface area contributed by atoms with Gasteiger partial charge in [-0.25, -0.2) is 10.4 Å². The molecule has 2 aromatic carbocycles. The Hall–Kier alpha value is -3.86. The molecule has 7 bridgehead atoms. The average molecular weight is 602 g/mol. The molecule has 3 unspecified atom stereocenters. The number of aliphatic hydroxyl groups is 1. The van der Waals surface area contributed by atoms with Gasteiger partial charge in [0.25, 0.3) is 0 Å². The van der Waals surface area contributed by atoms with Gasteiger partial charge in [-0.15, -0.1) is 0 Å². The molecular weight excluding hydrogens is 558 g/mol. The van der Waals surface area contributed by atoms with Crippen LogP contribution < -0.4 is 16.1 Å². The van der Waals surface area contributed by atoms with Gasteiger partial charge in [0, 0.05) is 23.7 Å². The summed E-state index contributed by atoms with van der Waals surface area (Å²) in [6, 6.07) is 13.4. The van der Waals surface area contributed by atoms with Crippen LogP contribution >= 0.6 is 0 Å². The number of amides is 2. The van der Waals surface area contributed by atoms with Gasteiger partial charge in [0.05, 0.1) is 17.2 Å². The van der Waals surface area contributed by atoms with E-state index in [4.69, 9.17) is 4.74 Å². The molecule has 10 nitrogen and oxygen atoms in total. The Morgan fingerprint density at radius 2 is 1.80 bits per heavy atom. The van der Waals surface area contributed by atoms with Gasteiger partial charge in [0.15, 0.2) is 0 Å². The van der Waals surface area contributed by atoms with Gasteiger partial charge in [-0.3, -0.25) is 19.4 Å². The monoisotopic (exact) mass is 601 g/mol. The molecule has 0 spiro atoms. The van der Waals surface area contributed by atoms with E-state index in [1.807, 2.05) is 89.3 Å². The summed E-state index contributed by atoms with van der Waals surface area (Å²) < 4.78 is 5.89. The zero-order valence-electron chi connectivity index (χ0n) is 26.3. The number of nitrogens with zero attached hydrogens (tertiary/aromatic N) is 2. The number of aliphatic hydroxyl groups excluding tert-OH is 1. The van der Waals surface area contributed by atoms with Gasteiger partial charge < -0.3 is 20.5 Å². The van der Waals surface area contributed by atoms with Crippen molar-refractivity contribution >= 4 is 28.6 Å². The van der Waals surface area contributed by atoms with Gasteiger partial charge in [0.2, 0.25) is 11.8 Å².